The van der Waals surface area contributed by atoms with Gasteiger partial charge < -0.3 is 5.11 Å². The standard InChI is InChI=1S/C13H13FO2/c14-10-4-1-3-8-9(12(15)16)7-13(11(8)10)5-2-6-13/h1,3-4,9H,2,5-7H2,(H,15,16). The van der Waals surface area contributed by atoms with Crippen LogP contribution in [-0.2, 0) is 10.2 Å². The highest BCUT2D eigenvalue weighted by atomic mass is 19.1. The van der Waals surface area contributed by atoms with E-state index in [9.17, 15) is 14.3 Å². The number of fused-ring (bicyclic) bond motifs is 2. The van der Waals surface area contributed by atoms with Crippen LogP contribution in [0, 0.1) is 5.82 Å². The Morgan fingerprint density at radius 1 is 1.44 bits per heavy atom. The molecule has 0 heterocycles. The van der Waals surface area contributed by atoms with Crippen LogP contribution in [0.15, 0.2) is 18.2 Å². The van der Waals surface area contributed by atoms with Gasteiger partial charge in [-0.2, -0.15) is 0 Å². The molecule has 1 unspecified atom stereocenters. The van der Waals surface area contributed by atoms with Crippen LogP contribution < -0.4 is 0 Å². The van der Waals surface area contributed by atoms with Crippen LogP contribution in [0.3, 0.4) is 0 Å². The monoisotopic (exact) mass is 220 g/mol. The van der Waals surface area contributed by atoms with Crippen LogP contribution in [0.1, 0.15) is 42.7 Å². The van der Waals surface area contributed by atoms with Gasteiger partial charge in [-0.05, 0) is 41.9 Å². The van der Waals surface area contributed by atoms with Gasteiger partial charge in [-0.15, -0.1) is 0 Å². The molecule has 16 heavy (non-hydrogen) atoms. The molecule has 2 nitrogen and oxygen atoms in total. The Balaban J connectivity index is 2.18. The lowest BCUT2D eigenvalue weighted by atomic mass is 9.65. The molecule has 3 rings (SSSR count). The molecule has 1 N–H and O–H groups in total. The van der Waals surface area contributed by atoms with Crippen molar-refractivity contribution in [1.29, 1.82) is 0 Å². The van der Waals surface area contributed by atoms with Crippen LogP contribution in [0.5, 0.6) is 0 Å². The van der Waals surface area contributed by atoms with Gasteiger partial charge in [-0.1, -0.05) is 18.6 Å². The predicted octanol–water partition coefficient (Wildman–Crippen LogP) is 2.82. The molecule has 0 amide bonds. The molecule has 2 aliphatic rings. The van der Waals surface area contributed by atoms with Crippen molar-refractivity contribution in [1.82, 2.24) is 0 Å². The van der Waals surface area contributed by atoms with Crippen molar-refractivity contribution in [3.8, 4) is 0 Å². The molecule has 1 spiro atoms. The topological polar surface area (TPSA) is 37.3 Å². The van der Waals surface area contributed by atoms with Gasteiger partial charge in [-0.3, -0.25) is 4.79 Å². The van der Waals surface area contributed by atoms with Gasteiger partial charge in [0, 0.05) is 0 Å². The van der Waals surface area contributed by atoms with E-state index in [0.717, 1.165) is 19.3 Å². The molecule has 2 aliphatic carbocycles. The van der Waals surface area contributed by atoms with E-state index in [-0.39, 0.29) is 11.2 Å². The Morgan fingerprint density at radius 2 is 2.19 bits per heavy atom. The Bertz CT molecular complexity index is 463. The lowest BCUT2D eigenvalue weighted by molar-refractivity contribution is -0.139. The van der Waals surface area contributed by atoms with Gasteiger partial charge in [0.2, 0.25) is 0 Å². The van der Waals surface area contributed by atoms with Crippen LogP contribution in [0.4, 0.5) is 4.39 Å². The fourth-order valence-electron chi connectivity index (χ4n) is 3.27. The van der Waals surface area contributed by atoms with Gasteiger partial charge in [0.05, 0.1) is 5.92 Å². The highest BCUT2D eigenvalue weighted by Gasteiger charge is 2.51. The van der Waals surface area contributed by atoms with Gasteiger partial charge in [0.25, 0.3) is 0 Å². The zero-order chi connectivity index (χ0) is 11.3. The minimum Gasteiger partial charge on any atom is -0.481 e. The van der Waals surface area contributed by atoms with Gasteiger partial charge in [-0.25, -0.2) is 4.39 Å². The first-order valence-corrected chi connectivity index (χ1v) is 5.66. The van der Waals surface area contributed by atoms with E-state index in [1.807, 2.05) is 0 Å². The van der Waals surface area contributed by atoms with Gasteiger partial charge >= 0.3 is 5.97 Å². The van der Waals surface area contributed by atoms with Crippen LogP contribution in [0.2, 0.25) is 0 Å². The summed E-state index contributed by atoms with van der Waals surface area (Å²) in [6.07, 6.45) is 3.54. The zero-order valence-corrected chi connectivity index (χ0v) is 8.87. The minimum absolute atomic E-state index is 0.163. The molecular weight excluding hydrogens is 207 g/mol. The molecule has 0 aliphatic heterocycles. The van der Waals surface area contributed by atoms with Crippen LogP contribution >= 0.6 is 0 Å². The number of rotatable bonds is 1. The van der Waals surface area contributed by atoms with Crippen molar-refractivity contribution in [2.45, 2.75) is 37.0 Å². The van der Waals surface area contributed by atoms with E-state index >= 15 is 0 Å². The molecule has 84 valence electrons. The third-order valence-corrected chi connectivity index (χ3v) is 4.16. The highest BCUT2D eigenvalue weighted by molar-refractivity contribution is 5.79. The molecule has 0 radical (unpaired) electrons. The Labute approximate surface area is 93.1 Å². The normalized spacial score (nSPS) is 25.2. The Morgan fingerprint density at radius 3 is 2.75 bits per heavy atom. The second-order valence-electron chi connectivity index (χ2n) is 4.93. The molecule has 1 aromatic rings. The molecule has 1 aromatic carbocycles. The maximum atomic E-state index is 13.9. The summed E-state index contributed by atoms with van der Waals surface area (Å²) in [5.74, 6) is -1.55. The molecule has 0 saturated heterocycles. The number of hydrogen-bond donors (Lipinski definition) is 1. The molecule has 0 bridgehead atoms. The van der Waals surface area contributed by atoms with E-state index in [4.69, 9.17) is 0 Å². The lowest BCUT2D eigenvalue weighted by Gasteiger charge is -2.39. The van der Waals surface area contributed by atoms with Crippen molar-refractivity contribution in [2.24, 2.45) is 0 Å². The van der Waals surface area contributed by atoms with E-state index in [2.05, 4.69) is 0 Å². The quantitative estimate of drug-likeness (QED) is 0.790. The number of benzene rings is 1. The van der Waals surface area contributed by atoms with Crippen molar-refractivity contribution in [2.75, 3.05) is 0 Å². The fraction of sp³-hybridized carbons (Fsp3) is 0.462. The molecular formula is C13H13FO2. The van der Waals surface area contributed by atoms with Gasteiger partial charge in [0.1, 0.15) is 5.82 Å². The van der Waals surface area contributed by atoms with E-state index in [0.29, 0.717) is 17.5 Å². The number of carboxylic acid groups (broad SMARTS) is 1. The summed E-state index contributed by atoms with van der Waals surface area (Å²) in [4.78, 5) is 11.2. The summed E-state index contributed by atoms with van der Waals surface area (Å²) < 4.78 is 13.9. The summed E-state index contributed by atoms with van der Waals surface area (Å²) in [5.41, 5.74) is 1.23. The number of carboxylic acids is 1. The largest absolute Gasteiger partial charge is 0.481 e. The molecule has 1 atom stereocenters. The van der Waals surface area contributed by atoms with E-state index < -0.39 is 11.9 Å². The number of hydrogen-bond acceptors (Lipinski definition) is 1. The lowest BCUT2D eigenvalue weighted by Crippen LogP contribution is -2.32. The summed E-state index contributed by atoms with van der Waals surface area (Å²) in [6.45, 7) is 0. The van der Waals surface area contributed by atoms with Crippen LogP contribution in [0.25, 0.3) is 0 Å². The smallest absolute Gasteiger partial charge is 0.311 e. The third-order valence-electron chi connectivity index (χ3n) is 4.16. The summed E-state index contributed by atoms with van der Waals surface area (Å²) in [6, 6.07) is 4.83. The highest BCUT2D eigenvalue weighted by Crippen LogP contribution is 2.57. The summed E-state index contributed by atoms with van der Waals surface area (Å²) in [7, 11) is 0. The van der Waals surface area contributed by atoms with Crippen molar-refractivity contribution < 1.29 is 14.3 Å². The fourth-order valence-corrected chi connectivity index (χ4v) is 3.27. The minimum atomic E-state index is -0.823. The Kier molecular flexibility index (Phi) is 1.88. The summed E-state index contributed by atoms with van der Waals surface area (Å²) >= 11 is 0. The molecule has 1 fully saturated rings. The third kappa shape index (κ3) is 1.09. The number of halogens is 1. The maximum Gasteiger partial charge on any atom is 0.311 e. The van der Waals surface area contributed by atoms with Crippen LogP contribution in [-0.4, -0.2) is 11.1 Å². The van der Waals surface area contributed by atoms with E-state index in [1.54, 1.807) is 12.1 Å². The van der Waals surface area contributed by atoms with Crippen molar-refractivity contribution in [3.05, 3.63) is 35.1 Å². The predicted molar refractivity (Wildman–Crippen MR) is 56.9 cm³/mol. The summed E-state index contributed by atoms with van der Waals surface area (Å²) in [5, 5.41) is 9.18. The van der Waals surface area contributed by atoms with Crippen molar-refractivity contribution >= 4 is 5.97 Å². The van der Waals surface area contributed by atoms with Gasteiger partial charge in [0.15, 0.2) is 0 Å². The zero-order valence-electron chi connectivity index (χ0n) is 8.87. The molecule has 0 aromatic heterocycles. The second kappa shape index (κ2) is 3.06. The SMILES string of the molecule is O=C(O)C1CC2(CCC2)c2c(F)cccc21. The van der Waals surface area contributed by atoms with Crippen molar-refractivity contribution in [3.63, 3.8) is 0 Å². The second-order valence-corrected chi connectivity index (χ2v) is 4.93. The molecule has 1 saturated carbocycles. The first kappa shape index (κ1) is 9.82. The van der Waals surface area contributed by atoms with E-state index in [1.165, 1.54) is 6.07 Å². The maximum absolute atomic E-state index is 13.9. The number of aliphatic carboxylic acids is 1. The average Bonchev–Trinajstić information content (AvgIpc) is 2.54. The number of carbonyl (C=O) groups is 1. The molecule has 3 heteroatoms. The average molecular weight is 220 g/mol. The Hall–Kier alpha value is -1.38. The first-order valence-electron chi connectivity index (χ1n) is 5.66. The first-order chi connectivity index (χ1) is 7.64.